The van der Waals surface area contributed by atoms with E-state index in [1.807, 2.05) is 25.7 Å². The summed E-state index contributed by atoms with van der Waals surface area (Å²) in [7, 11) is 1.63. The van der Waals surface area contributed by atoms with Crippen LogP contribution in [0.4, 0.5) is 0 Å². The molecule has 1 N–H and O–H groups in total. The summed E-state index contributed by atoms with van der Waals surface area (Å²) in [5, 5.41) is 2.89. The van der Waals surface area contributed by atoms with Crippen molar-refractivity contribution in [1.29, 1.82) is 0 Å². The highest BCUT2D eigenvalue weighted by Gasteiger charge is 2.35. The monoisotopic (exact) mass is 312 g/mol. The molecule has 1 saturated heterocycles. The minimum absolute atomic E-state index is 0.0936. The van der Waals surface area contributed by atoms with Crippen molar-refractivity contribution >= 4 is 11.8 Å². The number of hydrogen-bond acceptors (Lipinski definition) is 3. The first-order valence-electron chi connectivity index (χ1n) is 8.34. The summed E-state index contributed by atoms with van der Waals surface area (Å²) in [6, 6.07) is 0. The highest BCUT2D eigenvalue weighted by atomic mass is 16.5. The Morgan fingerprint density at radius 3 is 2.50 bits per heavy atom. The Morgan fingerprint density at radius 2 is 1.95 bits per heavy atom. The van der Waals surface area contributed by atoms with Crippen LogP contribution in [-0.4, -0.2) is 50.1 Å². The minimum atomic E-state index is -0.331. The van der Waals surface area contributed by atoms with Crippen LogP contribution in [-0.2, 0) is 14.3 Å². The van der Waals surface area contributed by atoms with E-state index in [1.165, 1.54) is 0 Å². The summed E-state index contributed by atoms with van der Waals surface area (Å²) in [6.07, 6.45) is 2.47. The van der Waals surface area contributed by atoms with Crippen molar-refractivity contribution in [3.05, 3.63) is 0 Å². The zero-order chi connectivity index (χ0) is 16.8. The number of amides is 2. The topological polar surface area (TPSA) is 58.6 Å². The molecule has 1 aliphatic rings. The molecule has 5 nitrogen and oxygen atoms in total. The third-order valence-electron chi connectivity index (χ3n) is 4.42. The third kappa shape index (κ3) is 5.59. The zero-order valence-electron chi connectivity index (χ0n) is 14.8. The number of hydrogen-bond donors (Lipinski definition) is 1. The van der Waals surface area contributed by atoms with Crippen molar-refractivity contribution in [3.63, 3.8) is 0 Å². The van der Waals surface area contributed by atoms with Crippen molar-refractivity contribution in [2.45, 2.75) is 47.0 Å². The SMILES string of the molecule is CC[C@H]1CN(C(=O)C(C)(C)C)CC[C@H]1CC(=O)NCCOC. The van der Waals surface area contributed by atoms with Crippen LogP contribution >= 0.6 is 0 Å². The molecule has 1 rings (SSSR count). The number of ether oxygens (including phenoxy) is 1. The van der Waals surface area contributed by atoms with Crippen LogP contribution in [0.3, 0.4) is 0 Å². The normalized spacial score (nSPS) is 22.5. The summed E-state index contributed by atoms with van der Waals surface area (Å²) in [6.45, 7) is 10.7. The smallest absolute Gasteiger partial charge is 0.227 e. The molecule has 1 heterocycles. The lowest BCUT2D eigenvalue weighted by molar-refractivity contribution is -0.142. The van der Waals surface area contributed by atoms with E-state index < -0.39 is 0 Å². The average Bonchev–Trinajstić information content (AvgIpc) is 2.46. The quantitative estimate of drug-likeness (QED) is 0.764. The Labute approximate surface area is 134 Å². The van der Waals surface area contributed by atoms with Crippen molar-refractivity contribution in [2.24, 2.45) is 17.3 Å². The summed E-state index contributed by atoms with van der Waals surface area (Å²) in [5.74, 6) is 1.09. The molecule has 1 aliphatic heterocycles. The molecule has 0 saturated carbocycles. The van der Waals surface area contributed by atoms with Crippen LogP contribution in [0, 0.1) is 17.3 Å². The van der Waals surface area contributed by atoms with E-state index >= 15 is 0 Å². The predicted octanol–water partition coefficient (Wildman–Crippen LogP) is 2.06. The molecule has 22 heavy (non-hydrogen) atoms. The average molecular weight is 312 g/mol. The number of nitrogens with zero attached hydrogens (tertiary/aromatic N) is 1. The van der Waals surface area contributed by atoms with Crippen LogP contribution in [0.5, 0.6) is 0 Å². The summed E-state index contributed by atoms with van der Waals surface area (Å²) >= 11 is 0. The van der Waals surface area contributed by atoms with Crippen molar-refractivity contribution < 1.29 is 14.3 Å². The van der Waals surface area contributed by atoms with Crippen LogP contribution in [0.15, 0.2) is 0 Å². The molecule has 0 spiro atoms. The molecule has 1 fully saturated rings. The molecule has 2 amide bonds. The van der Waals surface area contributed by atoms with E-state index in [9.17, 15) is 9.59 Å². The van der Waals surface area contributed by atoms with Gasteiger partial charge in [-0.25, -0.2) is 0 Å². The second-order valence-corrected chi connectivity index (χ2v) is 7.27. The summed E-state index contributed by atoms with van der Waals surface area (Å²) < 4.78 is 4.94. The molecule has 0 aromatic rings. The maximum Gasteiger partial charge on any atom is 0.227 e. The van der Waals surface area contributed by atoms with Gasteiger partial charge in [0.2, 0.25) is 11.8 Å². The van der Waals surface area contributed by atoms with Crippen molar-refractivity contribution in [2.75, 3.05) is 33.4 Å². The fourth-order valence-corrected chi connectivity index (χ4v) is 3.07. The fraction of sp³-hybridized carbons (Fsp3) is 0.882. The molecule has 0 aliphatic carbocycles. The van der Waals surface area contributed by atoms with Crippen LogP contribution in [0.25, 0.3) is 0 Å². The van der Waals surface area contributed by atoms with Gasteiger partial charge in [-0.2, -0.15) is 0 Å². The van der Waals surface area contributed by atoms with Gasteiger partial charge in [-0.3, -0.25) is 9.59 Å². The Bertz CT molecular complexity index is 377. The van der Waals surface area contributed by atoms with Crippen LogP contribution < -0.4 is 5.32 Å². The Morgan fingerprint density at radius 1 is 1.27 bits per heavy atom. The summed E-state index contributed by atoms with van der Waals surface area (Å²) in [5.41, 5.74) is -0.331. The largest absolute Gasteiger partial charge is 0.383 e. The van der Waals surface area contributed by atoms with Gasteiger partial charge in [0.15, 0.2) is 0 Å². The van der Waals surface area contributed by atoms with Gasteiger partial charge in [0.25, 0.3) is 0 Å². The highest BCUT2D eigenvalue weighted by Crippen LogP contribution is 2.31. The number of piperidine rings is 1. The lowest BCUT2D eigenvalue weighted by Gasteiger charge is -2.40. The lowest BCUT2D eigenvalue weighted by Crippen LogP contribution is -2.48. The van der Waals surface area contributed by atoms with Crippen LogP contribution in [0.1, 0.15) is 47.0 Å². The van der Waals surface area contributed by atoms with Gasteiger partial charge < -0.3 is 15.0 Å². The first-order chi connectivity index (χ1) is 10.3. The molecule has 128 valence electrons. The maximum absolute atomic E-state index is 12.4. The molecule has 2 atom stereocenters. The Kier molecular flexibility index (Phi) is 7.33. The molecular weight excluding hydrogens is 280 g/mol. The van der Waals surface area contributed by atoms with E-state index in [1.54, 1.807) is 7.11 Å². The first kappa shape index (κ1) is 18.9. The number of carbonyl (C=O) groups is 2. The summed E-state index contributed by atoms with van der Waals surface area (Å²) in [4.78, 5) is 26.4. The van der Waals surface area contributed by atoms with Crippen molar-refractivity contribution in [3.8, 4) is 0 Å². The molecular formula is C17H32N2O3. The van der Waals surface area contributed by atoms with E-state index in [0.29, 0.717) is 31.4 Å². The van der Waals surface area contributed by atoms with E-state index in [0.717, 1.165) is 25.9 Å². The molecule has 0 aromatic heterocycles. The lowest BCUT2D eigenvalue weighted by atomic mass is 9.80. The van der Waals surface area contributed by atoms with Gasteiger partial charge in [-0.05, 0) is 18.3 Å². The number of rotatable bonds is 6. The first-order valence-corrected chi connectivity index (χ1v) is 8.34. The van der Waals surface area contributed by atoms with Crippen molar-refractivity contribution in [1.82, 2.24) is 10.2 Å². The minimum Gasteiger partial charge on any atom is -0.383 e. The molecule has 0 radical (unpaired) electrons. The number of likely N-dealkylation sites (tertiary alicyclic amines) is 1. The zero-order valence-corrected chi connectivity index (χ0v) is 14.8. The highest BCUT2D eigenvalue weighted by molar-refractivity contribution is 5.81. The molecule has 0 unspecified atom stereocenters. The van der Waals surface area contributed by atoms with E-state index in [-0.39, 0.29) is 17.2 Å². The van der Waals surface area contributed by atoms with Gasteiger partial charge in [-0.1, -0.05) is 34.1 Å². The fourth-order valence-electron chi connectivity index (χ4n) is 3.07. The van der Waals surface area contributed by atoms with Gasteiger partial charge >= 0.3 is 0 Å². The van der Waals surface area contributed by atoms with Gasteiger partial charge in [0.1, 0.15) is 0 Å². The third-order valence-corrected chi connectivity index (χ3v) is 4.42. The van der Waals surface area contributed by atoms with Gasteiger partial charge in [0.05, 0.1) is 6.61 Å². The Balaban J connectivity index is 2.52. The molecule has 0 aromatic carbocycles. The van der Waals surface area contributed by atoms with Gasteiger partial charge in [-0.15, -0.1) is 0 Å². The van der Waals surface area contributed by atoms with E-state index in [4.69, 9.17) is 4.74 Å². The Hall–Kier alpha value is -1.10. The molecule has 5 heteroatoms. The van der Waals surface area contributed by atoms with Crippen LogP contribution in [0.2, 0.25) is 0 Å². The maximum atomic E-state index is 12.4. The van der Waals surface area contributed by atoms with E-state index in [2.05, 4.69) is 12.2 Å². The molecule has 0 bridgehead atoms. The number of carbonyl (C=O) groups excluding carboxylic acids is 2. The predicted molar refractivity (Wildman–Crippen MR) is 87.4 cm³/mol. The van der Waals surface area contributed by atoms with Gasteiger partial charge in [0, 0.05) is 38.6 Å². The number of nitrogens with one attached hydrogen (secondary N) is 1. The second kappa shape index (κ2) is 8.51. The standard InChI is InChI=1S/C17H32N2O3/c1-6-13-12-19(16(21)17(2,3)4)9-7-14(13)11-15(20)18-8-10-22-5/h13-14H,6-12H2,1-5H3,(H,18,20)/t13-,14-/m0/s1. The number of methoxy groups -OCH3 is 1. The second-order valence-electron chi connectivity index (χ2n) is 7.27.